The van der Waals surface area contributed by atoms with Gasteiger partial charge in [0.1, 0.15) is 18.5 Å². The van der Waals surface area contributed by atoms with Gasteiger partial charge in [-0.05, 0) is 43.2 Å². The summed E-state index contributed by atoms with van der Waals surface area (Å²) >= 11 is 0. The molecule has 0 radical (unpaired) electrons. The molecule has 0 fully saturated rings. The molecular weight excluding hydrogens is 262 g/mol. The van der Waals surface area contributed by atoms with Crippen molar-refractivity contribution in [3.63, 3.8) is 0 Å². The van der Waals surface area contributed by atoms with Gasteiger partial charge in [-0.3, -0.25) is 0 Å². The molecule has 3 heteroatoms. The van der Waals surface area contributed by atoms with E-state index in [0.29, 0.717) is 6.54 Å². The van der Waals surface area contributed by atoms with Crippen LogP contribution in [0.5, 0.6) is 5.75 Å². The molecule has 21 heavy (non-hydrogen) atoms. The number of aliphatic hydroxyl groups excluding tert-OH is 1. The van der Waals surface area contributed by atoms with Gasteiger partial charge in [0.05, 0.1) is 0 Å². The Labute approximate surface area is 126 Å². The Bertz CT molecular complexity index is 534. The number of aliphatic hydroxyl groups is 1. The molecule has 0 aromatic heterocycles. The second-order valence-corrected chi connectivity index (χ2v) is 5.21. The van der Waals surface area contributed by atoms with E-state index in [2.05, 4.69) is 19.2 Å². The Hall–Kier alpha value is -2.00. The van der Waals surface area contributed by atoms with E-state index in [1.165, 1.54) is 11.1 Å². The minimum absolute atomic E-state index is 0.282. The van der Waals surface area contributed by atoms with Crippen molar-refractivity contribution >= 4 is 5.69 Å². The zero-order valence-corrected chi connectivity index (χ0v) is 12.7. The molecule has 112 valence electrons. The predicted octanol–water partition coefficient (Wildman–Crippen LogP) is 3.41. The third-order valence-electron chi connectivity index (χ3n) is 3.37. The molecule has 1 atom stereocenters. The Morgan fingerprint density at radius 3 is 2.33 bits per heavy atom. The standard InChI is InChI=1S/C18H23NO2/c1-3-15-6-10-18(11-7-15)21-13-17(20)12-19-16-8-4-14(2)5-9-16/h4-11,17,19-20H,3,12-13H2,1-2H3. The van der Waals surface area contributed by atoms with Gasteiger partial charge in [-0.1, -0.05) is 36.8 Å². The van der Waals surface area contributed by atoms with E-state index < -0.39 is 6.10 Å². The Kier molecular flexibility index (Phi) is 5.64. The molecule has 2 N–H and O–H groups in total. The highest BCUT2D eigenvalue weighted by atomic mass is 16.5. The number of nitrogens with one attached hydrogen (secondary N) is 1. The van der Waals surface area contributed by atoms with E-state index in [0.717, 1.165) is 17.9 Å². The average Bonchev–Trinajstić information content (AvgIpc) is 2.53. The molecule has 0 amide bonds. The first-order valence-electron chi connectivity index (χ1n) is 7.37. The molecule has 0 aliphatic rings. The van der Waals surface area contributed by atoms with Crippen LogP contribution >= 0.6 is 0 Å². The van der Waals surface area contributed by atoms with E-state index in [-0.39, 0.29) is 6.61 Å². The number of rotatable bonds is 7. The highest BCUT2D eigenvalue weighted by molar-refractivity contribution is 5.44. The van der Waals surface area contributed by atoms with E-state index in [9.17, 15) is 5.11 Å². The number of ether oxygens (including phenoxy) is 1. The first-order valence-corrected chi connectivity index (χ1v) is 7.37. The zero-order valence-electron chi connectivity index (χ0n) is 12.7. The van der Waals surface area contributed by atoms with Gasteiger partial charge >= 0.3 is 0 Å². The van der Waals surface area contributed by atoms with Crippen molar-refractivity contribution in [2.45, 2.75) is 26.4 Å². The van der Waals surface area contributed by atoms with Crippen LogP contribution in [-0.2, 0) is 6.42 Å². The molecule has 2 aromatic carbocycles. The van der Waals surface area contributed by atoms with E-state index >= 15 is 0 Å². The van der Waals surface area contributed by atoms with Crippen molar-refractivity contribution in [3.05, 3.63) is 59.7 Å². The minimum atomic E-state index is -0.544. The summed E-state index contributed by atoms with van der Waals surface area (Å²) in [4.78, 5) is 0. The smallest absolute Gasteiger partial charge is 0.119 e. The molecule has 0 spiro atoms. The molecule has 2 rings (SSSR count). The van der Waals surface area contributed by atoms with Crippen LogP contribution in [0.25, 0.3) is 0 Å². The lowest BCUT2D eigenvalue weighted by molar-refractivity contribution is 0.117. The number of aryl methyl sites for hydroxylation is 2. The Morgan fingerprint density at radius 1 is 1.05 bits per heavy atom. The van der Waals surface area contributed by atoms with Crippen LogP contribution in [0.3, 0.4) is 0 Å². The van der Waals surface area contributed by atoms with Gasteiger partial charge in [-0.15, -0.1) is 0 Å². The first-order chi connectivity index (χ1) is 10.2. The summed E-state index contributed by atoms with van der Waals surface area (Å²) in [6.07, 6.45) is 0.473. The Morgan fingerprint density at radius 2 is 1.71 bits per heavy atom. The molecule has 0 bridgehead atoms. The van der Waals surface area contributed by atoms with Crippen molar-refractivity contribution in [3.8, 4) is 5.75 Å². The molecule has 0 aliphatic heterocycles. The molecule has 0 aliphatic carbocycles. The molecule has 3 nitrogen and oxygen atoms in total. The van der Waals surface area contributed by atoms with Crippen molar-refractivity contribution in [2.75, 3.05) is 18.5 Å². The van der Waals surface area contributed by atoms with E-state index in [1.54, 1.807) is 0 Å². The summed E-state index contributed by atoms with van der Waals surface area (Å²) < 4.78 is 5.58. The fourth-order valence-corrected chi connectivity index (χ4v) is 1.98. The second kappa shape index (κ2) is 7.70. The normalized spacial score (nSPS) is 12.0. The number of hydrogen-bond donors (Lipinski definition) is 2. The van der Waals surface area contributed by atoms with Crippen molar-refractivity contribution in [1.29, 1.82) is 0 Å². The minimum Gasteiger partial charge on any atom is -0.491 e. The van der Waals surface area contributed by atoms with Crippen LogP contribution in [0.4, 0.5) is 5.69 Å². The van der Waals surface area contributed by atoms with Gasteiger partial charge in [0.2, 0.25) is 0 Å². The maximum absolute atomic E-state index is 9.94. The third-order valence-corrected chi connectivity index (χ3v) is 3.37. The fraction of sp³-hybridized carbons (Fsp3) is 0.333. The van der Waals surface area contributed by atoms with Crippen LogP contribution in [0.15, 0.2) is 48.5 Å². The average molecular weight is 285 g/mol. The lowest BCUT2D eigenvalue weighted by Gasteiger charge is -2.14. The largest absolute Gasteiger partial charge is 0.491 e. The van der Waals surface area contributed by atoms with E-state index in [1.807, 2.05) is 48.5 Å². The van der Waals surface area contributed by atoms with Gasteiger partial charge < -0.3 is 15.2 Å². The quantitative estimate of drug-likeness (QED) is 0.819. The van der Waals surface area contributed by atoms with Crippen molar-refractivity contribution in [2.24, 2.45) is 0 Å². The fourth-order valence-electron chi connectivity index (χ4n) is 1.98. The summed E-state index contributed by atoms with van der Waals surface area (Å²) in [5, 5.41) is 13.1. The third kappa shape index (κ3) is 5.12. The molecule has 2 aromatic rings. The maximum atomic E-state index is 9.94. The van der Waals surface area contributed by atoms with E-state index in [4.69, 9.17) is 4.74 Å². The number of benzene rings is 2. The highest BCUT2D eigenvalue weighted by Gasteiger charge is 2.05. The molecule has 0 saturated heterocycles. The topological polar surface area (TPSA) is 41.5 Å². The molecular formula is C18H23NO2. The lowest BCUT2D eigenvalue weighted by Crippen LogP contribution is -2.26. The predicted molar refractivity (Wildman–Crippen MR) is 87.0 cm³/mol. The lowest BCUT2D eigenvalue weighted by atomic mass is 10.2. The first kappa shape index (κ1) is 15.4. The second-order valence-electron chi connectivity index (χ2n) is 5.21. The molecule has 0 saturated carbocycles. The summed E-state index contributed by atoms with van der Waals surface area (Å²) in [6, 6.07) is 16.1. The molecule has 1 unspecified atom stereocenters. The summed E-state index contributed by atoms with van der Waals surface area (Å²) in [6.45, 7) is 4.92. The monoisotopic (exact) mass is 285 g/mol. The molecule has 0 heterocycles. The number of hydrogen-bond acceptors (Lipinski definition) is 3. The van der Waals surface area contributed by atoms with Gasteiger partial charge in [0.15, 0.2) is 0 Å². The van der Waals surface area contributed by atoms with Gasteiger partial charge in [0, 0.05) is 12.2 Å². The van der Waals surface area contributed by atoms with Crippen LogP contribution < -0.4 is 10.1 Å². The summed E-state index contributed by atoms with van der Waals surface area (Å²) in [7, 11) is 0. The Balaban J connectivity index is 1.73. The SMILES string of the molecule is CCc1ccc(OCC(O)CNc2ccc(C)cc2)cc1. The zero-order chi connectivity index (χ0) is 15.1. The van der Waals surface area contributed by atoms with Crippen LogP contribution in [-0.4, -0.2) is 24.4 Å². The van der Waals surface area contributed by atoms with Crippen molar-refractivity contribution < 1.29 is 9.84 Å². The van der Waals surface area contributed by atoms with Crippen LogP contribution in [0, 0.1) is 6.92 Å². The van der Waals surface area contributed by atoms with Gasteiger partial charge in [-0.25, -0.2) is 0 Å². The number of anilines is 1. The van der Waals surface area contributed by atoms with Gasteiger partial charge in [0.25, 0.3) is 0 Å². The van der Waals surface area contributed by atoms with Gasteiger partial charge in [-0.2, -0.15) is 0 Å². The summed E-state index contributed by atoms with van der Waals surface area (Å²) in [5.41, 5.74) is 3.51. The van der Waals surface area contributed by atoms with Crippen LogP contribution in [0.2, 0.25) is 0 Å². The van der Waals surface area contributed by atoms with Crippen LogP contribution in [0.1, 0.15) is 18.1 Å². The van der Waals surface area contributed by atoms with Crippen molar-refractivity contribution in [1.82, 2.24) is 0 Å². The maximum Gasteiger partial charge on any atom is 0.119 e. The summed E-state index contributed by atoms with van der Waals surface area (Å²) in [5.74, 6) is 0.793. The highest BCUT2D eigenvalue weighted by Crippen LogP contribution is 2.13.